The van der Waals surface area contributed by atoms with Crippen molar-refractivity contribution in [3.8, 4) is 0 Å². The van der Waals surface area contributed by atoms with E-state index in [-0.39, 0.29) is 17.9 Å². The fraction of sp³-hybridized carbons (Fsp3) is 0.462. The zero-order valence-corrected chi connectivity index (χ0v) is 12.1. The van der Waals surface area contributed by atoms with Gasteiger partial charge in [0.25, 0.3) is 0 Å². The molecule has 112 valence electrons. The van der Waals surface area contributed by atoms with E-state index >= 15 is 0 Å². The zero-order chi connectivity index (χ0) is 15.2. The van der Waals surface area contributed by atoms with Gasteiger partial charge >= 0.3 is 5.97 Å². The average Bonchev–Trinajstić information content (AvgIpc) is 2.37. The fourth-order valence-electron chi connectivity index (χ4n) is 1.72. The van der Waals surface area contributed by atoms with Gasteiger partial charge in [0.05, 0.1) is 17.4 Å². The zero-order valence-electron chi connectivity index (χ0n) is 11.2. The van der Waals surface area contributed by atoms with Crippen LogP contribution in [-0.2, 0) is 15.8 Å². The van der Waals surface area contributed by atoms with Crippen molar-refractivity contribution in [3.05, 3.63) is 35.4 Å². The van der Waals surface area contributed by atoms with Gasteiger partial charge in [-0.15, -0.1) is 0 Å². The molecule has 0 aromatic heterocycles. The van der Waals surface area contributed by atoms with Crippen LogP contribution in [0.5, 0.6) is 0 Å². The van der Waals surface area contributed by atoms with Gasteiger partial charge in [-0.05, 0) is 24.1 Å². The Labute approximate surface area is 118 Å². The minimum Gasteiger partial charge on any atom is -0.478 e. The molecule has 6 nitrogen and oxygen atoms in total. The number of aliphatic hydroxyl groups is 1. The summed E-state index contributed by atoms with van der Waals surface area (Å²) in [4.78, 5) is 10.8. The number of hydrogen-bond acceptors (Lipinski definition) is 4. The van der Waals surface area contributed by atoms with Crippen molar-refractivity contribution in [1.82, 2.24) is 4.72 Å². The molecule has 0 saturated heterocycles. The van der Waals surface area contributed by atoms with E-state index in [9.17, 15) is 18.3 Å². The molecule has 0 saturated carbocycles. The molecule has 1 atom stereocenters. The number of rotatable bonds is 8. The lowest BCUT2D eigenvalue weighted by Gasteiger charge is -2.11. The predicted molar refractivity (Wildman–Crippen MR) is 74.9 cm³/mol. The van der Waals surface area contributed by atoms with Gasteiger partial charge < -0.3 is 10.2 Å². The molecule has 0 aliphatic carbocycles. The van der Waals surface area contributed by atoms with Crippen molar-refractivity contribution in [3.63, 3.8) is 0 Å². The lowest BCUT2D eigenvalue weighted by atomic mass is 10.1. The summed E-state index contributed by atoms with van der Waals surface area (Å²) in [6.07, 6.45) is 0.584. The van der Waals surface area contributed by atoms with E-state index in [1.807, 2.05) is 6.92 Å². The largest absolute Gasteiger partial charge is 0.478 e. The molecule has 0 aliphatic heterocycles. The number of aliphatic hydroxyl groups excluding tert-OH is 1. The molecule has 20 heavy (non-hydrogen) atoms. The number of hydrogen-bond donors (Lipinski definition) is 3. The number of aromatic carboxylic acids is 1. The quantitative estimate of drug-likeness (QED) is 0.663. The van der Waals surface area contributed by atoms with E-state index in [0.29, 0.717) is 12.0 Å². The Hall–Kier alpha value is -1.44. The van der Waals surface area contributed by atoms with Gasteiger partial charge in [0.15, 0.2) is 0 Å². The molecular weight excluding hydrogens is 282 g/mol. The number of sulfonamides is 1. The molecule has 3 N–H and O–H groups in total. The summed E-state index contributed by atoms with van der Waals surface area (Å²) >= 11 is 0. The molecule has 0 heterocycles. The first-order chi connectivity index (χ1) is 9.34. The van der Waals surface area contributed by atoms with E-state index in [0.717, 1.165) is 6.42 Å². The van der Waals surface area contributed by atoms with Crippen LogP contribution in [0.3, 0.4) is 0 Å². The summed E-state index contributed by atoms with van der Waals surface area (Å²) in [7, 11) is -3.59. The van der Waals surface area contributed by atoms with E-state index in [1.54, 1.807) is 6.07 Å². The standard InChI is InChI=1S/C13H19NO5S/c1-2-4-12(15)8-14-20(18,19)9-10-5-3-6-11(7-10)13(16)17/h3,5-7,12,14-15H,2,4,8-9H2,1H3,(H,16,17). The highest BCUT2D eigenvalue weighted by atomic mass is 32.2. The Balaban J connectivity index is 2.66. The minimum absolute atomic E-state index is 0.0329. The van der Waals surface area contributed by atoms with Crippen LogP contribution in [0.25, 0.3) is 0 Å². The van der Waals surface area contributed by atoms with Gasteiger partial charge in [-0.25, -0.2) is 17.9 Å². The Morgan fingerprint density at radius 1 is 1.40 bits per heavy atom. The van der Waals surface area contributed by atoms with Crippen molar-refractivity contribution >= 4 is 16.0 Å². The van der Waals surface area contributed by atoms with Crippen molar-refractivity contribution in [2.75, 3.05) is 6.54 Å². The highest BCUT2D eigenvalue weighted by Gasteiger charge is 2.14. The molecule has 0 radical (unpaired) electrons. The fourth-order valence-corrected chi connectivity index (χ4v) is 2.89. The van der Waals surface area contributed by atoms with E-state index in [1.165, 1.54) is 18.2 Å². The summed E-state index contributed by atoms with van der Waals surface area (Å²) in [6.45, 7) is 1.86. The van der Waals surface area contributed by atoms with E-state index in [4.69, 9.17) is 5.11 Å². The maximum atomic E-state index is 11.8. The van der Waals surface area contributed by atoms with Gasteiger partial charge in [-0.3, -0.25) is 0 Å². The highest BCUT2D eigenvalue weighted by molar-refractivity contribution is 7.88. The summed E-state index contributed by atoms with van der Waals surface area (Å²) in [5.74, 6) is -1.41. The highest BCUT2D eigenvalue weighted by Crippen LogP contribution is 2.09. The predicted octanol–water partition coefficient (Wildman–Crippen LogP) is 0.965. The Morgan fingerprint density at radius 2 is 2.10 bits per heavy atom. The van der Waals surface area contributed by atoms with Gasteiger partial charge in [0, 0.05) is 6.54 Å². The molecule has 0 spiro atoms. The Bertz CT molecular complexity index is 556. The Morgan fingerprint density at radius 3 is 2.70 bits per heavy atom. The average molecular weight is 301 g/mol. The smallest absolute Gasteiger partial charge is 0.335 e. The van der Waals surface area contributed by atoms with Crippen LogP contribution in [0, 0.1) is 0 Å². The number of benzene rings is 1. The SMILES string of the molecule is CCCC(O)CNS(=O)(=O)Cc1cccc(C(=O)O)c1. The van der Waals surface area contributed by atoms with E-state index < -0.39 is 22.1 Å². The molecular formula is C13H19NO5S. The molecule has 0 fully saturated rings. The van der Waals surface area contributed by atoms with Crippen LogP contribution < -0.4 is 4.72 Å². The second-order valence-corrected chi connectivity index (χ2v) is 6.36. The van der Waals surface area contributed by atoms with Crippen molar-refractivity contribution in [2.45, 2.75) is 31.6 Å². The number of carbonyl (C=O) groups is 1. The molecule has 1 aromatic rings. The third-order valence-electron chi connectivity index (χ3n) is 2.69. The van der Waals surface area contributed by atoms with Crippen LogP contribution >= 0.6 is 0 Å². The van der Waals surface area contributed by atoms with Gasteiger partial charge in [-0.1, -0.05) is 25.5 Å². The third kappa shape index (κ3) is 5.68. The number of carboxylic acids is 1. The molecule has 1 unspecified atom stereocenters. The Kier molecular flexibility index (Phi) is 6.12. The number of carboxylic acid groups (broad SMARTS) is 1. The van der Waals surface area contributed by atoms with Crippen LogP contribution in [-0.4, -0.2) is 37.2 Å². The summed E-state index contributed by atoms with van der Waals surface area (Å²) in [6, 6.07) is 5.77. The van der Waals surface area contributed by atoms with Crippen LogP contribution in [0.15, 0.2) is 24.3 Å². The normalized spacial score (nSPS) is 13.1. The van der Waals surface area contributed by atoms with Gasteiger partial charge in [0.1, 0.15) is 0 Å². The molecule has 0 aliphatic rings. The molecule has 1 rings (SSSR count). The van der Waals surface area contributed by atoms with Gasteiger partial charge in [0.2, 0.25) is 10.0 Å². The summed E-state index contributed by atoms with van der Waals surface area (Å²) in [5, 5.41) is 18.3. The first kappa shape index (κ1) is 16.6. The maximum absolute atomic E-state index is 11.8. The minimum atomic E-state index is -3.59. The molecule has 1 aromatic carbocycles. The first-order valence-corrected chi connectivity index (χ1v) is 7.97. The second-order valence-electron chi connectivity index (χ2n) is 4.56. The summed E-state index contributed by atoms with van der Waals surface area (Å²) in [5.41, 5.74) is 0.436. The topological polar surface area (TPSA) is 104 Å². The molecule has 0 bridgehead atoms. The lowest BCUT2D eigenvalue weighted by Crippen LogP contribution is -2.32. The van der Waals surface area contributed by atoms with E-state index in [2.05, 4.69) is 4.72 Å². The van der Waals surface area contributed by atoms with Crippen molar-refractivity contribution < 1.29 is 23.4 Å². The molecule has 0 amide bonds. The first-order valence-electron chi connectivity index (χ1n) is 6.31. The summed E-state index contributed by atoms with van der Waals surface area (Å²) < 4.78 is 26.0. The third-order valence-corrected chi connectivity index (χ3v) is 4.01. The van der Waals surface area contributed by atoms with Crippen LogP contribution in [0.1, 0.15) is 35.7 Å². The monoisotopic (exact) mass is 301 g/mol. The lowest BCUT2D eigenvalue weighted by molar-refractivity contribution is 0.0696. The molecule has 7 heteroatoms. The van der Waals surface area contributed by atoms with Crippen LogP contribution in [0.4, 0.5) is 0 Å². The van der Waals surface area contributed by atoms with Crippen molar-refractivity contribution in [2.24, 2.45) is 0 Å². The van der Waals surface area contributed by atoms with Crippen molar-refractivity contribution in [1.29, 1.82) is 0 Å². The number of nitrogens with one attached hydrogen (secondary N) is 1. The second kappa shape index (κ2) is 7.37. The van der Waals surface area contributed by atoms with Gasteiger partial charge in [-0.2, -0.15) is 0 Å². The maximum Gasteiger partial charge on any atom is 0.335 e. The van der Waals surface area contributed by atoms with Crippen LogP contribution in [0.2, 0.25) is 0 Å².